The highest BCUT2D eigenvalue weighted by Gasteiger charge is 2.20. The molecular weight excluding hydrogens is 364 g/mol. The van der Waals surface area contributed by atoms with Crippen LogP contribution in [0.15, 0.2) is 24.3 Å². The van der Waals surface area contributed by atoms with Crippen molar-refractivity contribution < 1.29 is 17.9 Å². The van der Waals surface area contributed by atoms with E-state index >= 15 is 0 Å². The molecule has 1 atom stereocenters. The molecule has 0 aliphatic rings. The summed E-state index contributed by atoms with van der Waals surface area (Å²) in [7, 11) is -1.82. The van der Waals surface area contributed by atoms with E-state index in [1.807, 2.05) is 24.3 Å². The Bertz CT molecular complexity index is 577. The lowest BCUT2D eigenvalue weighted by Crippen LogP contribution is -2.39. The van der Waals surface area contributed by atoms with Crippen LogP contribution in [-0.4, -0.2) is 65.6 Å². The zero-order chi connectivity index (χ0) is 18.7. The van der Waals surface area contributed by atoms with Crippen LogP contribution < -0.4 is 4.72 Å². The molecule has 1 N–H and O–H groups in total. The Morgan fingerprint density at radius 2 is 1.76 bits per heavy atom. The molecular formula is C17H29ClN2O4S. The summed E-state index contributed by atoms with van der Waals surface area (Å²) in [6.07, 6.45) is 0. The Morgan fingerprint density at radius 1 is 1.12 bits per heavy atom. The summed E-state index contributed by atoms with van der Waals surface area (Å²) in [5.41, 5.74) is 1.03. The van der Waals surface area contributed by atoms with Crippen molar-refractivity contribution in [2.24, 2.45) is 0 Å². The van der Waals surface area contributed by atoms with Gasteiger partial charge in [0.15, 0.2) is 0 Å². The van der Waals surface area contributed by atoms with E-state index in [0.717, 1.165) is 18.7 Å². The van der Waals surface area contributed by atoms with Gasteiger partial charge in [-0.1, -0.05) is 37.6 Å². The summed E-state index contributed by atoms with van der Waals surface area (Å²) in [5, 5.41) is 0.663. The fourth-order valence-corrected chi connectivity index (χ4v) is 3.52. The first-order valence-electron chi connectivity index (χ1n) is 8.47. The highest BCUT2D eigenvalue weighted by molar-refractivity contribution is 7.89. The van der Waals surface area contributed by atoms with E-state index in [9.17, 15) is 8.42 Å². The first-order valence-corrected chi connectivity index (χ1v) is 10.5. The molecule has 0 aromatic heterocycles. The first-order chi connectivity index (χ1) is 11.9. The number of rotatable bonds is 13. The second-order valence-corrected chi connectivity index (χ2v) is 7.92. The molecule has 0 saturated carbocycles. The number of ether oxygens (including phenoxy) is 2. The lowest BCUT2D eigenvalue weighted by atomic mass is 10.1. The van der Waals surface area contributed by atoms with Gasteiger partial charge >= 0.3 is 0 Å². The zero-order valence-corrected chi connectivity index (χ0v) is 16.8. The summed E-state index contributed by atoms with van der Waals surface area (Å²) >= 11 is 5.96. The highest BCUT2D eigenvalue weighted by Crippen LogP contribution is 2.22. The second kappa shape index (κ2) is 11.8. The van der Waals surface area contributed by atoms with Crippen LogP contribution in [0.25, 0.3) is 0 Å². The maximum atomic E-state index is 12.2. The number of benzene rings is 1. The summed E-state index contributed by atoms with van der Waals surface area (Å²) in [6, 6.07) is 7.48. The number of nitrogens with zero attached hydrogens (tertiary/aromatic N) is 1. The molecule has 144 valence electrons. The fourth-order valence-electron chi connectivity index (χ4n) is 2.50. The Labute approximate surface area is 156 Å². The van der Waals surface area contributed by atoms with Crippen LogP contribution in [0.1, 0.15) is 25.5 Å². The molecule has 8 heteroatoms. The van der Waals surface area contributed by atoms with Crippen molar-refractivity contribution in [1.82, 2.24) is 9.62 Å². The maximum absolute atomic E-state index is 12.2. The predicted molar refractivity (Wildman–Crippen MR) is 102 cm³/mol. The zero-order valence-electron chi connectivity index (χ0n) is 15.2. The van der Waals surface area contributed by atoms with Crippen molar-refractivity contribution in [1.29, 1.82) is 0 Å². The smallest absolute Gasteiger partial charge is 0.213 e. The minimum absolute atomic E-state index is 0.0450. The van der Waals surface area contributed by atoms with Gasteiger partial charge in [0.2, 0.25) is 10.0 Å². The van der Waals surface area contributed by atoms with Crippen LogP contribution in [0.4, 0.5) is 0 Å². The molecule has 0 heterocycles. The van der Waals surface area contributed by atoms with Gasteiger partial charge in [0.1, 0.15) is 0 Å². The lowest BCUT2D eigenvalue weighted by molar-refractivity contribution is 0.0784. The molecule has 0 aliphatic heterocycles. The summed E-state index contributed by atoms with van der Waals surface area (Å²) in [4.78, 5) is 2.21. The SMILES string of the molecule is CCN(CC)C(CNS(=O)(=O)CCOCCOC)c1ccc(Cl)cc1. The van der Waals surface area contributed by atoms with Gasteiger partial charge in [-0.2, -0.15) is 0 Å². The number of sulfonamides is 1. The van der Waals surface area contributed by atoms with Crippen molar-refractivity contribution in [2.75, 3.05) is 52.3 Å². The van der Waals surface area contributed by atoms with Gasteiger partial charge in [-0.05, 0) is 30.8 Å². The normalized spacial score (nSPS) is 13.3. The third kappa shape index (κ3) is 8.48. The van der Waals surface area contributed by atoms with Gasteiger partial charge in [0, 0.05) is 24.7 Å². The van der Waals surface area contributed by atoms with Crippen molar-refractivity contribution in [2.45, 2.75) is 19.9 Å². The topological polar surface area (TPSA) is 67.9 Å². The largest absolute Gasteiger partial charge is 0.382 e. The van der Waals surface area contributed by atoms with Crippen LogP contribution in [0.3, 0.4) is 0 Å². The Morgan fingerprint density at radius 3 is 2.32 bits per heavy atom. The summed E-state index contributed by atoms with van der Waals surface area (Å²) in [6.45, 7) is 7.07. The van der Waals surface area contributed by atoms with Crippen LogP contribution in [0, 0.1) is 0 Å². The van der Waals surface area contributed by atoms with E-state index in [4.69, 9.17) is 21.1 Å². The van der Waals surface area contributed by atoms with Crippen LogP contribution in [-0.2, 0) is 19.5 Å². The monoisotopic (exact) mass is 392 g/mol. The van der Waals surface area contributed by atoms with Crippen LogP contribution in [0.2, 0.25) is 5.02 Å². The number of halogens is 1. The average Bonchev–Trinajstić information content (AvgIpc) is 2.59. The molecule has 1 aromatic rings. The molecule has 0 bridgehead atoms. The van der Waals surface area contributed by atoms with Gasteiger partial charge in [-0.25, -0.2) is 13.1 Å². The second-order valence-electron chi connectivity index (χ2n) is 5.56. The minimum Gasteiger partial charge on any atom is -0.382 e. The van der Waals surface area contributed by atoms with Gasteiger partial charge in [0.05, 0.1) is 25.6 Å². The Hall–Kier alpha value is -0.700. The van der Waals surface area contributed by atoms with Gasteiger partial charge in [-0.3, -0.25) is 4.90 Å². The number of methoxy groups -OCH3 is 1. The standard InChI is InChI=1S/C17H29ClN2O4S/c1-4-20(5-2)17(15-6-8-16(18)9-7-15)14-19-25(21,22)13-12-24-11-10-23-3/h6-9,17,19H,4-5,10-14H2,1-3H3. The number of hydrogen-bond acceptors (Lipinski definition) is 5. The van der Waals surface area contributed by atoms with E-state index in [1.165, 1.54) is 0 Å². The van der Waals surface area contributed by atoms with E-state index in [2.05, 4.69) is 23.5 Å². The van der Waals surface area contributed by atoms with Gasteiger partial charge in [-0.15, -0.1) is 0 Å². The molecule has 1 unspecified atom stereocenters. The maximum Gasteiger partial charge on any atom is 0.213 e. The Balaban J connectivity index is 2.66. The highest BCUT2D eigenvalue weighted by atomic mass is 35.5. The average molecular weight is 393 g/mol. The minimum atomic E-state index is -3.40. The molecule has 1 rings (SSSR count). The summed E-state index contributed by atoms with van der Waals surface area (Å²) < 4.78 is 37.2. The van der Waals surface area contributed by atoms with Crippen molar-refractivity contribution in [3.63, 3.8) is 0 Å². The molecule has 0 radical (unpaired) electrons. The number of nitrogens with one attached hydrogen (secondary N) is 1. The molecule has 25 heavy (non-hydrogen) atoms. The predicted octanol–water partition coefficient (Wildman–Crippen LogP) is 2.31. The molecule has 0 fully saturated rings. The van der Waals surface area contributed by atoms with Crippen LogP contribution in [0.5, 0.6) is 0 Å². The third-order valence-electron chi connectivity index (χ3n) is 3.93. The molecule has 0 amide bonds. The number of likely N-dealkylation sites (N-methyl/N-ethyl adjacent to an activating group) is 1. The fraction of sp³-hybridized carbons (Fsp3) is 0.647. The van der Waals surface area contributed by atoms with E-state index in [-0.39, 0.29) is 18.4 Å². The molecule has 1 aromatic carbocycles. The van der Waals surface area contributed by atoms with Gasteiger partial charge in [0.25, 0.3) is 0 Å². The molecule has 0 saturated heterocycles. The van der Waals surface area contributed by atoms with Crippen LogP contribution >= 0.6 is 11.6 Å². The lowest BCUT2D eigenvalue weighted by Gasteiger charge is -2.30. The third-order valence-corrected chi connectivity index (χ3v) is 5.50. The van der Waals surface area contributed by atoms with Gasteiger partial charge < -0.3 is 9.47 Å². The first kappa shape index (κ1) is 22.3. The van der Waals surface area contributed by atoms with E-state index in [0.29, 0.717) is 24.8 Å². The number of hydrogen-bond donors (Lipinski definition) is 1. The van der Waals surface area contributed by atoms with E-state index < -0.39 is 10.0 Å². The molecule has 0 spiro atoms. The van der Waals surface area contributed by atoms with Crippen molar-refractivity contribution in [3.8, 4) is 0 Å². The Kier molecular flexibility index (Phi) is 10.6. The van der Waals surface area contributed by atoms with E-state index in [1.54, 1.807) is 7.11 Å². The van der Waals surface area contributed by atoms with Crippen molar-refractivity contribution >= 4 is 21.6 Å². The summed E-state index contributed by atoms with van der Waals surface area (Å²) in [5.74, 6) is -0.0672. The van der Waals surface area contributed by atoms with Crippen molar-refractivity contribution in [3.05, 3.63) is 34.9 Å². The quantitative estimate of drug-likeness (QED) is 0.522. The molecule has 6 nitrogen and oxygen atoms in total. The molecule has 0 aliphatic carbocycles.